The smallest absolute Gasteiger partial charge is 0.340 e. The number of nitrogen functional groups attached to an aromatic ring is 1. The number of anilines is 1. The highest BCUT2D eigenvalue weighted by Gasteiger charge is 2.14. The van der Waals surface area contributed by atoms with Crippen LogP contribution in [0.15, 0.2) is 35.9 Å². The second-order valence-corrected chi connectivity index (χ2v) is 4.60. The number of para-hydroxylation sites is 1. The van der Waals surface area contributed by atoms with Crippen LogP contribution in [0.25, 0.3) is 0 Å². The number of carboxylic acid groups (broad SMARTS) is 2. The topological polar surface area (TPSA) is 153 Å². The summed E-state index contributed by atoms with van der Waals surface area (Å²) < 4.78 is 9.26. The Morgan fingerprint density at radius 1 is 1.04 bits per heavy atom. The van der Waals surface area contributed by atoms with E-state index in [1.807, 2.05) is 0 Å². The van der Waals surface area contributed by atoms with Gasteiger partial charge in [0.2, 0.25) is 0 Å². The number of rotatable bonds is 7. The van der Waals surface area contributed by atoms with Gasteiger partial charge < -0.3 is 25.4 Å². The summed E-state index contributed by atoms with van der Waals surface area (Å²) in [4.78, 5) is 42.6. The number of esters is 2. The van der Waals surface area contributed by atoms with E-state index in [1.165, 1.54) is 0 Å². The largest absolute Gasteiger partial charge is 0.478 e. The van der Waals surface area contributed by atoms with Crippen LogP contribution in [-0.2, 0) is 23.9 Å². The molecule has 0 saturated carbocycles. The van der Waals surface area contributed by atoms with Gasteiger partial charge in [0.1, 0.15) is 0 Å². The van der Waals surface area contributed by atoms with Gasteiger partial charge in [0.05, 0.1) is 30.8 Å². The van der Waals surface area contributed by atoms with Crippen molar-refractivity contribution in [2.75, 3.05) is 18.9 Å². The summed E-state index contributed by atoms with van der Waals surface area (Å²) in [6.07, 6.45) is -0.0747. The van der Waals surface area contributed by atoms with Crippen molar-refractivity contribution in [1.82, 2.24) is 0 Å². The second-order valence-electron chi connectivity index (χ2n) is 4.60. The molecule has 0 atom stereocenters. The van der Waals surface area contributed by atoms with Gasteiger partial charge in [-0.25, -0.2) is 14.4 Å². The van der Waals surface area contributed by atoms with Crippen LogP contribution >= 0.6 is 0 Å². The number of hydrogen-bond acceptors (Lipinski definition) is 7. The summed E-state index contributed by atoms with van der Waals surface area (Å²) in [7, 11) is 0. The van der Waals surface area contributed by atoms with Gasteiger partial charge in [0.15, 0.2) is 0 Å². The molecular weight excluding hydrogens is 346 g/mol. The number of benzene rings is 1. The zero-order valence-electron chi connectivity index (χ0n) is 14.4. The summed E-state index contributed by atoms with van der Waals surface area (Å²) >= 11 is 0. The zero-order chi connectivity index (χ0) is 20.1. The minimum Gasteiger partial charge on any atom is -0.478 e. The fraction of sp³-hybridized carbons (Fsp3) is 0.294. The number of carbonyl (C=O) groups is 4. The van der Waals surface area contributed by atoms with Crippen LogP contribution in [0.2, 0.25) is 0 Å². The Labute approximate surface area is 150 Å². The first kappa shape index (κ1) is 22.6. The number of carboxylic acids is 2. The van der Waals surface area contributed by atoms with Crippen LogP contribution in [0, 0.1) is 0 Å². The molecule has 0 amide bonds. The highest BCUT2D eigenvalue weighted by Crippen LogP contribution is 2.11. The normalized spacial score (nSPS) is 10.2. The predicted molar refractivity (Wildman–Crippen MR) is 91.4 cm³/mol. The first-order valence-corrected chi connectivity index (χ1v) is 7.56. The molecule has 0 heterocycles. The quantitative estimate of drug-likeness (QED) is 0.369. The van der Waals surface area contributed by atoms with Gasteiger partial charge in [-0.05, 0) is 26.0 Å². The molecule has 0 radical (unpaired) electrons. The SMILES string of the molecule is CCOC(=O)C/C(=C/C(=O)O)C(=O)O.CCOC(=O)c1ccccc1N. The average Bonchev–Trinajstić information content (AvgIpc) is 2.55. The Morgan fingerprint density at radius 3 is 2.08 bits per heavy atom. The molecule has 1 rings (SSSR count). The highest BCUT2D eigenvalue weighted by molar-refractivity contribution is 5.98. The lowest BCUT2D eigenvalue weighted by molar-refractivity contribution is -0.144. The van der Waals surface area contributed by atoms with Crippen LogP contribution < -0.4 is 5.73 Å². The predicted octanol–water partition coefficient (Wildman–Crippen LogP) is 1.48. The van der Waals surface area contributed by atoms with Crippen molar-refractivity contribution in [2.24, 2.45) is 0 Å². The van der Waals surface area contributed by atoms with E-state index in [2.05, 4.69) is 4.74 Å². The minimum absolute atomic E-state index is 0.124. The molecule has 0 aliphatic heterocycles. The molecule has 26 heavy (non-hydrogen) atoms. The molecule has 9 heteroatoms. The molecule has 0 aliphatic rings. The van der Waals surface area contributed by atoms with Crippen LogP contribution in [0.4, 0.5) is 5.69 Å². The average molecular weight is 367 g/mol. The fourth-order valence-corrected chi connectivity index (χ4v) is 1.60. The molecular formula is C17H21NO8. The van der Waals surface area contributed by atoms with E-state index in [-0.39, 0.29) is 12.6 Å². The lowest BCUT2D eigenvalue weighted by Crippen LogP contribution is -2.11. The number of ether oxygens (including phenoxy) is 2. The van der Waals surface area contributed by atoms with Gasteiger partial charge in [-0.3, -0.25) is 4.79 Å². The maximum absolute atomic E-state index is 11.2. The van der Waals surface area contributed by atoms with Crippen LogP contribution in [-0.4, -0.2) is 47.3 Å². The monoisotopic (exact) mass is 367 g/mol. The zero-order valence-corrected chi connectivity index (χ0v) is 14.4. The van der Waals surface area contributed by atoms with Crippen LogP contribution in [0.3, 0.4) is 0 Å². The Hall–Kier alpha value is -3.36. The maximum atomic E-state index is 11.2. The standard InChI is InChI=1S/C9H11NO2.C8H10O6/c1-2-12-9(11)7-5-3-4-6-8(7)10;1-2-14-7(11)4-5(8(12)13)3-6(9)10/h3-6H,2,10H2,1H3;3H,2,4H2,1H3,(H,9,10)(H,12,13)/b;5-3-. The Bertz CT molecular complexity index is 681. The fourth-order valence-electron chi connectivity index (χ4n) is 1.60. The summed E-state index contributed by atoms with van der Waals surface area (Å²) in [5.74, 6) is -3.98. The van der Waals surface area contributed by atoms with Crippen molar-refractivity contribution in [3.8, 4) is 0 Å². The molecule has 1 aromatic rings. The number of carbonyl (C=O) groups excluding carboxylic acids is 2. The van der Waals surface area contributed by atoms with Gasteiger partial charge in [-0.1, -0.05) is 12.1 Å². The Kier molecular flexibility index (Phi) is 10.5. The van der Waals surface area contributed by atoms with Crippen molar-refractivity contribution in [2.45, 2.75) is 20.3 Å². The molecule has 0 bridgehead atoms. The molecule has 1 aromatic carbocycles. The molecule has 4 N–H and O–H groups in total. The minimum atomic E-state index is -1.44. The van der Waals surface area contributed by atoms with E-state index in [4.69, 9.17) is 20.7 Å². The lowest BCUT2D eigenvalue weighted by atomic mass is 10.2. The van der Waals surface area contributed by atoms with Gasteiger partial charge in [-0.15, -0.1) is 0 Å². The van der Waals surface area contributed by atoms with E-state index in [9.17, 15) is 19.2 Å². The van der Waals surface area contributed by atoms with Gasteiger partial charge in [0, 0.05) is 11.8 Å². The van der Waals surface area contributed by atoms with Crippen molar-refractivity contribution in [3.63, 3.8) is 0 Å². The maximum Gasteiger partial charge on any atom is 0.340 e. The summed E-state index contributed by atoms with van der Waals surface area (Å²) in [6.45, 7) is 3.82. The first-order chi connectivity index (χ1) is 12.2. The molecule has 0 fully saturated rings. The molecule has 0 unspecified atom stereocenters. The van der Waals surface area contributed by atoms with E-state index in [0.29, 0.717) is 23.9 Å². The number of nitrogens with two attached hydrogens (primary N) is 1. The van der Waals surface area contributed by atoms with Crippen molar-refractivity contribution >= 4 is 29.6 Å². The van der Waals surface area contributed by atoms with Crippen molar-refractivity contribution in [3.05, 3.63) is 41.5 Å². The van der Waals surface area contributed by atoms with Crippen molar-refractivity contribution < 1.29 is 38.9 Å². The number of hydrogen-bond donors (Lipinski definition) is 3. The van der Waals surface area contributed by atoms with E-state index >= 15 is 0 Å². The third-order valence-corrected chi connectivity index (χ3v) is 2.67. The summed E-state index contributed by atoms with van der Waals surface area (Å²) in [5, 5.41) is 16.8. The molecule has 0 aromatic heterocycles. The third-order valence-electron chi connectivity index (χ3n) is 2.67. The Balaban J connectivity index is 0.000000485. The van der Waals surface area contributed by atoms with Gasteiger partial charge >= 0.3 is 23.9 Å². The summed E-state index contributed by atoms with van der Waals surface area (Å²) in [5.41, 5.74) is 5.93. The second kappa shape index (κ2) is 12.1. The summed E-state index contributed by atoms with van der Waals surface area (Å²) in [6, 6.07) is 6.85. The first-order valence-electron chi connectivity index (χ1n) is 7.56. The molecule has 0 aliphatic carbocycles. The van der Waals surface area contributed by atoms with E-state index in [1.54, 1.807) is 38.1 Å². The van der Waals surface area contributed by atoms with Crippen LogP contribution in [0.5, 0.6) is 0 Å². The molecule has 0 saturated heterocycles. The number of aliphatic carboxylic acids is 2. The van der Waals surface area contributed by atoms with Gasteiger partial charge in [-0.2, -0.15) is 0 Å². The lowest BCUT2D eigenvalue weighted by Gasteiger charge is -2.03. The Morgan fingerprint density at radius 2 is 1.62 bits per heavy atom. The molecule has 9 nitrogen and oxygen atoms in total. The molecule has 0 spiro atoms. The third kappa shape index (κ3) is 9.06. The van der Waals surface area contributed by atoms with E-state index in [0.717, 1.165) is 0 Å². The van der Waals surface area contributed by atoms with Gasteiger partial charge in [0.25, 0.3) is 0 Å². The van der Waals surface area contributed by atoms with E-state index < -0.39 is 29.9 Å². The van der Waals surface area contributed by atoms with Crippen LogP contribution in [0.1, 0.15) is 30.6 Å². The highest BCUT2D eigenvalue weighted by atomic mass is 16.5. The van der Waals surface area contributed by atoms with Crippen molar-refractivity contribution in [1.29, 1.82) is 0 Å². The molecule has 142 valence electrons.